The first-order valence-electron chi connectivity index (χ1n) is 9.72. The number of aliphatic carboxylic acids is 1. The maximum atomic E-state index is 9.00. The van der Waals surface area contributed by atoms with E-state index >= 15 is 0 Å². The Kier molecular flexibility index (Phi) is 9.28. The Hall–Kier alpha value is -2.93. The summed E-state index contributed by atoms with van der Waals surface area (Å²) in [5.74, 6) is 1.37. The Morgan fingerprint density at radius 3 is 2.37 bits per heavy atom. The average molecular weight is 434 g/mol. The number of likely N-dealkylation sites (tertiary alicyclic amines) is 1. The number of carboxylic acid groups (broad SMARTS) is 1. The van der Waals surface area contributed by atoms with Crippen molar-refractivity contribution in [2.75, 3.05) is 19.7 Å². The summed E-state index contributed by atoms with van der Waals surface area (Å²) in [5.41, 5.74) is 6.49. The molecule has 7 nitrogen and oxygen atoms in total. The molecular weight excluding hydrogens is 406 g/mol. The van der Waals surface area contributed by atoms with Gasteiger partial charge in [0.05, 0.1) is 6.61 Å². The van der Waals surface area contributed by atoms with Gasteiger partial charge < -0.3 is 25.2 Å². The fraction of sp³-hybridized carbons (Fsp3) is 0.364. The highest BCUT2D eigenvalue weighted by atomic mass is 35.5. The number of halogens is 1. The molecule has 2 aromatic rings. The van der Waals surface area contributed by atoms with Crippen molar-refractivity contribution in [3.8, 4) is 11.5 Å². The van der Waals surface area contributed by atoms with Crippen molar-refractivity contribution in [2.45, 2.75) is 26.4 Å². The normalized spacial score (nSPS) is 13.7. The largest absolute Gasteiger partial charge is 0.493 e. The zero-order valence-electron chi connectivity index (χ0n) is 17.0. The first kappa shape index (κ1) is 23.3. The van der Waals surface area contributed by atoms with Crippen LogP contribution in [0.5, 0.6) is 11.5 Å². The molecular formula is C22H28ClN3O4. The molecule has 1 heterocycles. The monoisotopic (exact) mass is 433 g/mol. The van der Waals surface area contributed by atoms with E-state index in [1.807, 2.05) is 53.4 Å². The zero-order valence-corrected chi connectivity index (χ0v) is 17.8. The van der Waals surface area contributed by atoms with Crippen LogP contribution in [0.15, 0.2) is 48.5 Å². The third-order valence-corrected chi connectivity index (χ3v) is 4.97. The van der Waals surface area contributed by atoms with Gasteiger partial charge in [0.15, 0.2) is 5.96 Å². The number of benzene rings is 2. The summed E-state index contributed by atoms with van der Waals surface area (Å²) in [4.78, 5) is 10.9. The Morgan fingerprint density at radius 2 is 1.77 bits per heavy atom. The number of nitrogens with zero attached hydrogens (tertiary/aromatic N) is 1. The van der Waals surface area contributed by atoms with Gasteiger partial charge in [-0.3, -0.25) is 10.2 Å². The molecule has 8 heteroatoms. The Morgan fingerprint density at radius 1 is 1.17 bits per heavy atom. The van der Waals surface area contributed by atoms with Crippen LogP contribution in [0.25, 0.3) is 0 Å². The molecule has 30 heavy (non-hydrogen) atoms. The summed E-state index contributed by atoms with van der Waals surface area (Å²) in [6.45, 7) is 3.82. The molecule has 1 saturated heterocycles. The third-order valence-electron chi connectivity index (χ3n) is 4.60. The summed E-state index contributed by atoms with van der Waals surface area (Å²) in [7, 11) is 0. The van der Waals surface area contributed by atoms with Crippen LogP contribution in [0.4, 0.5) is 0 Å². The molecule has 0 radical (unpaired) electrons. The number of carboxylic acids is 1. The van der Waals surface area contributed by atoms with Gasteiger partial charge in [-0.15, -0.1) is 0 Å². The lowest BCUT2D eigenvalue weighted by atomic mass is 9.98. The van der Waals surface area contributed by atoms with Crippen molar-refractivity contribution in [1.29, 1.82) is 5.41 Å². The van der Waals surface area contributed by atoms with Crippen LogP contribution in [0.2, 0.25) is 5.02 Å². The van der Waals surface area contributed by atoms with E-state index < -0.39 is 5.97 Å². The maximum Gasteiger partial charge on any atom is 0.300 e. The smallest absolute Gasteiger partial charge is 0.300 e. The molecule has 1 fully saturated rings. The molecule has 0 aromatic heterocycles. The maximum absolute atomic E-state index is 9.00. The van der Waals surface area contributed by atoms with Crippen LogP contribution in [-0.4, -0.2) is 41.6 Å². The van der Waals surface area contributed by atoms with Crippen LogP contribution >= 0.6 is 11.6 Å². The Labute approximate surface area is 181 Å². The van der Waals surface area contributed by atoms with Crippen molar-refractivity contribution in [1.82, 2.24) is 4.90 Å². The molecule has 0 amide bonds. The lowest BCUT2D eigenvalue weighted by Gasteiger charge is -2.31. The van der Waals surface area contributed by atoms with Gasteiger partial charge in [0.25, 0.3) is 5.97 Å². The first-order valence-corrected chi connectivity index (χ1v) is 10.1. The van der Waals surface area contributed by atoms with Crippen LogP contribution in [-0.2, 0) is 11.4 Å². The zero-order chi connectivity index (χ0) is 21.9. The van der Waals surface area contributed by atoms with Gasteiger partial charge in [0.1, 0.15) is 18.1 Å². The van der Waals surface area contributed by atoms with Gasteiger partial charge in [0, 0.05) is 36.7 Å². The van der Waals surface area contributed by atoms with Gasteiger partial charge >= 0.3 is 0 Å². The second-order valence-electron chi connectivity index (χ2n) is 7.00. The summed E-state index contributed by atoms with van der Waals surface area (Å²) < 4.78 is 11.8. The molecule has 1 aliphatic heterocycles. The minimum atomic E-state index is -0.833. The van der Waals surface area contributed by atoms with Gasteiger partial charge in [-0.1, -0.05) is 35.9 Å². The molecule has 1 aliphatic rings. The Bertz CT molecular complexity index is 835. The molecule has 0 saturated carbocycles. The number of carbonyl (C=O) groups is 1. The molecule has 162 valence electrons. The lowest BCUT2D eigenvalue weighted by Crippen LogP contribution is -2.43. The highest BCUT2D eigenvalue weighted by Gasteiger charge is 2.20. The van der Waals surface area contributed by atoms with Crippen molar-refractivity contribution in [3.63, 3.8) is 0 Å². The van der Waals surface area contributed by atoms with Crippen molar-refractivity contribution in [2.24, 2.45) is 11.7 Å². The third kappa shape index (κ3) is 8.21. The molecule has 0 atom stereocenters. The second kappa shape index (κ2) is 11.9. The van der Waals surface area contributed by atoms with Crippen LogP contribution in [0, 0.1) is 11.3 Å². The summed E-state index contributed by atoms with van der Waals surface area (Å²) in [6, 6.07) is 15.3. The van der Waals surface area contributed by atoms with Crippen LogP contribution in [0.3, 0.4) is 0 Å². The summed E-state index contributed by atoms with van der Waals surface area (Å²) >= 11 is 6.16. The highest BCUT2D eigenvalue weighted by molar-refractivity contribution is 6.31. The van der Waals surface area contributed by atoms with E-state index in [2.05, 4.69) is 0 Å². The number of hydrogen-bond donors (Lipinski definition) is 3. The number of nitrogens with one attached hydrogen (secondary N) is 1. The quantitative estimate of drug-likeness (QED) is 0.469. The van der Waals surface area contributed by atoms with E-state index in [0.717, 1.165) is 49.9 Å². The van der Waals surface area contributed by atoms with E-state index in [0.29, 0.717) is 24.2 Å². The number of piperidine rings is 1. The standard InChI is InChI=1S/C20H24ClN3O2.C2H4O2/c21-19-7-2-1-4-16(19)14-26-18-6-3-5-17(12-18)25-13-15-8-10-24(11-9-15)20(22)23;1-2(3)4/h1-7,12,15H,8-11,13-14H2,(H3,22,23);1H3,(H,3,4). The average Bonchev–Trinajstić information content (AvgIpc) is 2.72. The SMILES string of the molecule is CC(=O)O.N=C(N)N1CCC(COc2cccc(OCc3ccccc3Cl)c2)CC1. The molecule has 0 spiro atoms. The van der Waals surface area contributed by atoms with Crippen LogP contribution in [0.1, 0.15) is 25.3 Å². The van der Waals surface area contributed by atoms with Gasteiger partial charge in [-0.2, -0.15) is 0 Å². The predicted molar refractivity (Wildman–Crippen MR) is 117 cm³/mol. The van der Waals surface area contributed by atoms with E-state index in [-0.39, 0.29) is 5.96 Å². The number of hydrogen-bond acceptors (Lipinski definition) is 4. The first-order chi connectivity index (χ1) is 14.3. The van der Waals surface area contributed by atoms with Crippen molar-refractivity contribution in [3.05, 3.63) is 59.1 Å². The second-order valence-corrected chi connectivity index (χ2v) is 7.41. The minimum Gasteiger partial charge on any atom is -0.493 e. The minimum absolute atomic E-state index is 0.160. The van der Waals surface area contributed by atoms with Crippen molar-refractivity contribution >= 4 is 23.5 Å². The molecule has 2 aromatic carbocycles. The number of nitrogens with two attached hydrogens (primary N) is 1. The number of guanidine groups is 1. The Balaban J connectivity index is 0.000000735. The highest BCUT2D eigenvalue weighted by Crippen LogP contribution is 2.24. The van der Waals surface area contributed by atoms with Gasteiger partial charge in [0.2, 0.25) is 0 Å². The van der Waals surface area contributed by atoms with E-state index in [4.69, 9.17) is 42.1 Å². The fourth-order valence-corrected chi connectivity index (χ4v) is 3.18. The summed E-state index contributed by atoms with van der Waals surface area (Å²) in [6.07, 6.45) is 1.98. The van der Waals surface area contributed by atoms with Gasteiger partial charge in [-0.05, 0) is 37.0 Å². The topological polar surface area (TPSA) is 109 Å². The predicted octanol–water partition coefficient (Wildman–Crippen LogP) is 3.99. The molecule has 4 N–H and O–H groups in total. The van der Waals surface area contributed by atoms with Crippen molar-refractivity contribution < 1.29 is 19.4 Å². The van der Waals surface area contributed by atoms with Gasteiger partial charge in [-0.25, -0.2) is 0 Å². The molecule has 0 bridgehead atoms. The molecule has 0 unspecified atom stereocenters. The lowest BCUT2D eigenvalue weighted by molar-refractivity contribution is -0.134. The van der Waals surface area contributed by atoms with E-state index in [1.54, 1.807) is 0 Å². The van der Waals surface area contributed by atoms with Crippen LogP contribution < -0.4 is 15.2 Å². The molecule has 0 aliphatic carbocycles. The number of rotatable bonds is 6. The number of ether oxygens (including phenoxy) is 2. The summed E-state index contributed by atoms with van der Waals surface area (Å²) in [5, 5.41) is 15.6. The van der Waals surface area contributed by atoms with E-state index in [9.17, 15) is 0 Å². The molecule has 3 rings (SSSR count). The fourth-order valence-electron chi connectivity index (χ4n) is 2.98. The van der Waals surface area contributed by atoms with E-state index in [1.165, 1.54) is 0 Å².